The van der Waals surface area contributed by atoms with Crippen molar-refractivity contribution in [3.63, 3.8) is 0 Å². The lowest BCUT2D eigenvalue weighted by Crippen LogP contribution is -2.09. The second-order valence-electron chi connectivity index (χ2n) is 6.02. The van der Waals surface area contributed by atoms with Crippen LogP contribution in [0, 0.1) is 12.8 Å². The van der Waals surface area contributed by atoms with Gasteiger partial charge in [0, 0.05) is 30.1 Å². The number of aromatic nitrogens is 2. The molecule has 0 aliphatic carbocycles. The summed E-state index contributed by atoms with van der Waals surface area (Å²) in [4.78, 5) is 8.94. The highest BCUT2D eigenvalue weighted by atomic mass is 16.7. The van der Waals surface area contributed by atoms with E-state index in [9.17, 15) is 0 Å². The van der Waals surface area contributed by atoms with Gasteiger partial charge in [0.15, 0.2) is 11.5 Å². The maximum Gasteiger partial charge on any atom is 0.231 e. The molecule has 0 spiro atoms. The van der Waals surface area contributed by atoms with E-state index in [2.05, 4.69) is 34.4 Å². The third-order valence-electron chi connectivity index (χ3n) is 3.50. The van der Waals surface area contributed by atoms with Gasteiger partial charge in [-0.3, -0.25) is 0 Å². The van der Waals surface area contributed by atoms with Crippen LogP contribution in [0.1, 0.15) is 26.0 Å². The molecule has 2 heterocycles. The Morgan fingerprint density at radius 1 is 1.13 bits per heavy atom. The largest absolute Gasteiger partial charge is 0.454 e. The smallest absolute Gasteiger partial charge is 0.231 e. The Labute approximate surface area is 136 Å². The number of fused-ring (bicyclic) bond motifs is 1. The molecule has 2 aromatic rings. The molecule has 0 saturated heterocycles. The topological polar surface area (TPSA) is 68.3 Å². The first-order valence-corrected chi connectivity index (χ1v) is 7.86. The summed E-state index contributed by atoms with van der Waals surface area (Å²) < 4.78 is 10.7. The zero-order chi connectivity index (χ0) is 16.2. The van der Waals surface area contributed by atoms with Gasteiger partial charge in [0.25, 0.3) is 0 Å². The van der Waals surface area contributed by atoms with Gasteiger partial charge in [-0.05, 0) is 31.4 Å². The molecule has 2 N–H and O–H groups in total. The lowest BCUT2D eigenvalue weighted by molar-refractivity contribution is 0.174. The molecule has 0 atom stereocenters. The number of anilines is 3. The maximum atomic E-state index is 5.39. The van der Waals surface area contributed by atoms with E-state index < -0.39 is 0 Å². The summed E-state index contributed by atoms with van der Waals surface area (Å²) in [5.41, 5.74) is 1.82. The van der Waals surface area contributed by atoms with Crippen LogP contribution in [0.5, 0.6) is 11.5 Å². The van der Waals surface area contributed by atoms with Crippen molar-refractivity contribution in [2.24, 2.45) is 5.92 Å². The van der Waals surface area contributed by atoms with Gasteiger partial charge in [-0.1, -0.05) is 13.8 Å². The van der Waals surface area contributed by atoms with Crippen molar-refractivity contribution in [3.8, 4) is 11.5 Å². The average molecular weight is 314 g/mol. The van der Waals surface area contributed by atoms with E-state index in [1.165, 1.54) is 0 Å². The summed E-state index contributed by atoms with van der Waals surface area (Å²) in [5, 5.41) is 6.57. The number of hydrogen-bond donors (Lipinski definition) is 2. The van der Waals surface area contributed by atoms with Gasteiger partial charge in [0.1, 0.15) is 5.82 Å². The third-order valence-corrected chi connectivity index (χ3v) is 3.50. The quantitative estimate of drug-likeness (QED) is 0.847. The van der Waals surface area contributed by atoms with E-state index in [1.807, 2.05) is 31.2 Å². The van der Waals surface area contributed by atoms with E-state index in [-0.39, 0.29) is 6.79 Å². The number of rotatable bonds is 6. The molecule has 1 aliphatic heterocycles. The van der Waals surface area contributed by atoms with Gasteiger partial charge in [0.2, 0.25) is 12.7 Å². The molecule has 6 heteroatoms. The second-order valence-corrected chi connectivity index (χ2v) is 6.02. The Kier molecular flexibility index (Phi) is 4.50. The minimum Gasteiger partial charge on any atom is -0.454 e. The maximum absolute atomic E-state index is 5.39. The van der Waals surface area contributed by atoms with Crippen molar-refractivity contribution in [1.82, 2.24) is 9.97 Å². The van der Waals surface area contributed by atoms with Crippen LogP contribution in [0.2, 0.25) is 0 Å². The highest BCUT2D eigenvalue weighted by Crippen LogP contribution is 2.35. The number of aryl methyl sites for hydroxylation is 1. The van der Waals surface area contributed by atoms with Crippen LogP contribution in [0.15, 0.2) is 24.3 Å². The minimum absolute atomic E-state index is 0.273. The lowest BCUT2D eigenvalue weighted by atomic mass is 10.1. The molecule has 0 saturated carbocycles. The minimum atomic E-state index is 0.273. The van der Waals surface area contributed by atoms with E-state index in [4.69, 9.17) is 9.47 Å². The Bertz CT molecular complexity index is 688. The normalized spacial score (nSPS) is 12.5. The summed E-state index contributed by atoms with van der Waals surface area (Å²) in [6.45, 7) is 7.50. The molecule has 0 radical (unpaired) electrons. The van der Waals surface area contributed by atoms with Gasteiger partial charge >= 0.3 is 0 Å². The van der Waals surface area contributed by atoms with Crippen LogP contribution >= 0.6 is 0 Å². The fraction of sp³-hybridized carbons (Fsp3) is 0.412. The van der Waals surface area contributed by atoms with E-state index >= 15 is 0 Å². The number of nitrogens with zero attached hydrogens (tertiary/aromatic N) is 2. The van der Waals surface area contributed by atoms with E-state index in [0.717, 1.165) is 41.7 Å². The summed E-state index contributed by atoms with van der Waals surface area (Å²) in [6, 6.07) is 7.65. The van der Waals surface area contributed by atoms with Crippen molar-refractivity contribution < 1.29 is 9.47 Å². The molecule has 6 nitrogen and oxygen atoms in total. The first kappa shape index (κ1) is 15.4. The Hall–Kier alpha value is -2.50. The lowest BCUT2D eigenvalue weighted by Gasteiger charge is -2.11. The average Bonchev–Trinajstić information content (AvgIpc) is 2.94. The molecule has 1 aromatic carbocycles. The van der Waals surface area contributed by atoms with Gasteiger partial charge in [0.05, 0.1) is 0 Å². The molecule has 1 aromatic heterocycles. The fourth-order valence-corrected chi connectivity index (χ4v) is 2.31. The van der Waals surface area contributed by atoms with Crippen molar-refractivity contribution in [3.05, 3.63) is 30.0 Å². The Morgan fingerprint density at radius 2 is 1.96 bits per heavy atom. The molecule has 3 rings (SSSR count). The van der Waals surface area contributed by atoms with E-state index in [1.54, 1.807) is 0 Å². The van der Waals surface area contributed by atoms with Crippen LogP contribution in [0.4, 0.5) is 17.5 Å². The van der Waals surface area contributed by atoms with Crippen molar-refractivity contribution in [1.29, 1.82) is 0 Å². The molecule has 0 bridgehead atoms. The van der Waals surface area contributed by atoms with Crippen LogP contribution in [0.3, 0.4) is 0 Å². The second kappa shape index (κ2) is 6.73. The third kappa shape index (κ3) is 4.03. The van der Waals surface area contributed by atoms with Crippen molar-refractivity contribution >= 4 is 17.5 Å². The molecule has 122 valence electrons. The van der Waals surface area contributed by atoms with E-state index in [0.29, 0.717) is 11.9 Å². The van der Waals surface area contributed by atoms with Crippen LogP contribution < -0.4 is 20.1 Å². The molecule has 0 fully saturated rings. The van der Waals surface area contributed by atoms with Gasteiger partial charge < -0.3 is 20.1 Å². The summed E-state index contributed by atoms with van der Waals surface area (Å²) >= 11 is 0. The predicted octanol–water partition coefficient (Wildman–Crippen LogP) is 3.72. The monoisotopic (exact) mass is 314 g/mol. The Morgan fingerprint density at radius 3 is 2.78 bits per heavy atom. The van der Waals surface area contributed by atoms with Crippen molar-refractivity contribution in [2.45, 2.75) is 27.2 Å². The molecular weight excluding hydrogens is 292 g/mol. The van der Waals surface area contributed by atoms with Crippen LogP contribution in [0.25, 0.3) is 0 Å². The number of hydrogen-bond acceptors (Lipinski definition) is 6. The Balaban J connectivity index is 1.71. The zero-order valence-electron chi connectivity index (χ0n) is 13.7. The number of nitrogens with one attached hydrogen (secondary N) is 2. The highest BCUT2D eigenvalue weighted by molar-refractivity contribution is 5.62. The fourth-order valence-electron chi connectivity index (χ4n) is 2.31. The summed E-state index contributed by atoms with van der Waals surface area (Å²) in [5.74, 6) is 3.57. The van der Waals surface area contributed by atoms with Gasteiger partial charge in [-0.2, -0.15) is 4.98 Å². The number of benzene rings is 1. The summed E-state index contributed by atoms with van der Waals surface area (Å²) in [7, 11) is 0. The molecule has 0 unspecified atom stereocenters. The van der Waals surface area contributed by atoms with Crippen LogP contribution in [-0.4, -0.2) is 23.3 Å². The first-order chi connectivity index (χ1) is 11.1. The molecule has 1 aliphatic rings. The first-order valence-electron chi connectivity index (χ1n) is 7.86. The molecule has 0 amide bonds. The van der Waals surface area contributed by atoms with Gasteiger partial charge in [-0.25, -0.2) is 4.98 Å². The van der Waals surface area contributed by atoms with Crippen LogP contribution in [-0.2, 0) is 0 Å². The molecule has 23 heavy (non-hydrogen) atoms. The summed E-state index contributed by atoms with van der Waals surface area (Å²) in [6.07, 6.45) is 1.09. The molecular formula is C17H22N4O2. The van der Waals surface area contributed by atoms with Crippen molar-refractivity contribution in [2.75, 3.05) is 24.0 Å². The SMILES string of the molecule is Cc1cc(Nc2ccc3c(c2)OCO3)nc(NCCC(C)C)n1. The highest BCUT2D eigenvalue weighted by Gasteiger charge is 2.13. The number of ether oxygens (including phenoxy) is 2. The van der Waals surface area contributed by atoms with Gasteiger partial charge in [-0.15, -0.1) is 0 Å². The predicted molar refractivity (Wildman–Crippen MR) is 90.6 cm³/mol. The zero-order valence-corrected chi connectivity index (χ0v) is 13.7. The standard InChI is InChI=1S/C17H22N4O2/c1-11(2)6-7-18-17-19-12(3)8-16(21-17)20-13-4-5-14-15(9-13)23-10-22-14/h4-5,8-9,11H,6-7,10H2,1-3H3,(H2,18,19,20,21).